The number of hydrogen-bond donors (Lipinski definition) is 1. The molecule has 0 aliphatic carbocycles. The van der Waals surface area contributed by atoms with Gasteiger partial charge in [0.05, 0.1) is 11.4 Å². The van der Waals surface area contributed by atoms with Crippen LogP contribution in [0.2, 0.25) is 0 Å². The molecule has 0 aliphatic heterocycles. The second-order valence-corrected chi connectivity index (χ2v) is 8.31. The maximum absolute atomic E-state index is 12.3. The molecular formula is C20H27N3O3S. The molecular weight excluding hydrogens is 362 g/mol. The van der Waals surface area contributed by atoms with Gasteiger partial charge in [-0.1, -0.05) is 18.2 Å². The van der Waals surface area contributed by atoms with Crippen LogP contribution in [-0.4, -0.2) is 46.8 Å². The molecule has 146 valence electrons. The molecule has 0 fully saturated rings. The van der Waals surface area contributed by atoms with E-state index in [9.17, 15) is 13.2 Å². The third kappa shape index (κ3) is 5.47. The number of sulfonamides is 1. The number of rotatable bonds is 9. The maximum Gasteiger partial charge on any atom is 0.251 e. The number of carbonyl (C=O) groups is 1. The molecule has 0 aromatic heterocycles. The van der Waals surface area contributed by atoms with Crippen LogP contribution in [0.4, 0.5) is 11.4 Å². The van der Waals surface area contributed by atoms with Crippen LogP contribution in [0, 0.1) is 0 Å². The number of benzene rings is 2. The summed E-state index contributed by atoms with van der Waals surface area (Å²) in [7, 11) is -1.34. The molecule has 1 N–H and O–H groups in total. The number of amides is 1. The van der Waals surface area contributed by atoms with Crippen LogP contribution in [0.1, 0.15) is 24.2 Å². The van der Waals surface area contributed by atoms with E-state index in [4.69, 9.17) is 0 Å². The predicted octanol–water partition coefficient (Wildman–Crippen LogP) is 2.73. The highest BCUT2D eigenvalue weighted by Crippen LogP contribution is 2.19. The van der Waals surface area contributed by atoms with Crippen molar-refractivity contribution >= 4 is 27.3 Å². The van der Waals surface area contributed by atoms with Crippen LogP contribution in [0.3, 0.4) is 0 Å². The van der Waals surface area contributed by atoms with E-state index in [0.29, 0.717) is 30.9 Å². The molecule has 0 heterocycles. The zero-order valence-corrected chi connectivity index (χ0v) is 16.9. The Morgan fingerprint density at radius 2 is 1.59 bits per heavy atom. The predicted molar refractivity (Wildman–Crippen MR) is 111 cm³/mol. The Bertz CT molecular complexity index is 837. The normalized spacial score (nSPS) is 11.1. The number of anilines is 2. The number of likely N-dealkylation sites (N-methyl/N-ethyl adjacent to an activating group) is 1. The molecule has 0 radical (unpaired) electrons. The van der Waals surface area contributed by atoms with Gasteiger partial charge >= 0.3 is 0 Å². The summed E-state index contributed by atoms with van der Waals surface area (Å²) in [5, 5.41) is 2.89. The first-order valence-corrected chi connectivity index (χ1v) is 10.6. The van der Waals surface area contributed by atoms with E-state index in [1.54, 1.807) is 38.1 Å². The van der Waals surface area contributed by atoms with Crippen molar-refractivity contribution in [3.63, 3.8) is 0 Å². The summed E-state index contributed by atoms with van der Waals surface area (Å²) < 4.78 is 25.6. The van der Waals surface area contributed by atoms with Crippen molar-refractivity contribution in [2.75, 3.05) is 41.6 Å². The van der Waals surface area contributed by atoms with Crippen LogP contribution in [0.15, 0.2) is 54.6 Å². The lowest BCUT2D eigenvalue weighted by Gasteiger charge is -2.22. The highest BCUT2D eigenvalue weighted by molar-refractivity contribution is 7.92. The van der Waals surface area contributed by atoms with Gasteiger partial charge in [0.1, 0.15) is 0 Å². The van der Waals surface area contributed by atoms with E-state index in [0.717, 1.165) is 5.69 Å². The number of hydrogen-bond acceptors (Lipinski definition) is 4. The minimum atomic E-state index is -3.32. The molecule has 0 saturated heterocycles. The van der Waals surface area contributed by atoms with Crippen molar-refractivity contribution < 1.29 is 13.2 Å². The summed E-state index contributed by atoms with van der Waals surface area (Å²) in [5.74, 6) is -0.137. The Morgan fingerprint density at radius 3 is 2.15 bits per heavy atom. The SMILES string of the molecule is CCN(c1ccc(C(=O)NCCN(C)c2ccccc2)cc1)S(=O)(=O)CC. The van der Waals surface area contributed by atoms with Crippen molar-refractivity contribution in [3.05, 3.63) is 60.2 Å². The lowest BCUT2D eigenvalue weighted by molar-refractivity contribution is 0.0954. The first-order valence-electron chi connectivity index (χ1n) is 9.04. The van der Waals surface area contributed by atoms with Gasteiger partial charge in [0.15, 0.2) is 0 Å². The van der Waals surface area contributed by atoms with Gasteiger partial charge in [0.25, 0.3) is 5.91 Å². The summed E-state index contributed by atoms with van der Waals surface area (Å²) in [5.41, 5.74) is 2.17. The molecule has 0 aliphatic rings. The minimum absolute atomic E-state index is 0.0397. The van der Waals surface area contributed by atoms with Crippen LogP contribution in [0.5, 0.6) is 0 Å². The third-order valence-electron chi connectivity index (χ3n) is 4.34. The molecule has 27 heavy (non-hydrogen) atoms. The molecule has 0 atom stereocenters. The summed E-state index contributed by atoms with van der Waals surface area (Å²) >= 11 is 0. The molecule has 2 aromatic rings. The zero-order chi connectivity index (χ0) is 19.9. The maximum atomic E-state index is 12.3. The lowest BCUT2D eigenvalue weighted by atomic mass is 10.2. The Balaban J connectivity index is 1.93. The second kappa shape index (κ2) is 9.41. The van der Waals surface area contributed by atoms with Gasteiger partial charge < -0.3 is 10.2 Å². The monoisotopic (exact) mass is 389 g/mol. The summed E-state index contributed by atoms with van der Waals surface area (Å²) in [4.78, 5) is 14.4. The second-order valence-electron chi connectivity index (χ2n) is 6.13. The summed E-state index contributed by atoms with van der Waals surface area (Å²) in [6.45, 7) is 4.96. The minimum Gasteiger partial charge on any atom is -0.373 e. The van der Waals surface area contributed by atoms with Crippen molar-refractivity contribution in [1.82, 2.24) is 5.32 Å². The van der Waals surface area contributed by atoms with E-state index in [1.807, 2.05) is 37.4 Å². The van der Waals surface area contributed by atoms with Crippen LogP contribution in [0.25, 0.3) is 0 Å². The number of nitrogens with one attached hydrogen (secondary N) is 1. The summed E-state index contributed by atoms with van der Waals surface area (Å²) in [6.07, 6.45) is 0. The fourth-order valence-corrected chi connectivity index (χ4v) is 3.87. The lowest BCUT2D eigenvalue weighted by Crippen LogP contribution is -2.33. The smallest absolute Gasteiger partial charge is 0.251 e. The Kier molecular flexibility index (Phi) is 7.24. The molecule has 7 heteroatoms. The molecule has 0 unspecified atom stereocenters. The topological polar surface area (TPSA) is 69.7 Å². The number of carbonyl (C=O) groups excluding carboxylic acids is 1. The van der Waals surface area contributed by atoms with Gasteiger partial charge in [-0.3, -0.25) is 9.10 Å². The molecule has 1 amide bonds. The van der Waals surface area contributed by atoms with Crippen LogP contribution >= 0.6 is 0 Å². The number of para-hydroxylation sites is 1. The molecule has 2 rings (SSSR count). The van der Waals surface area contributed by atoms with Crippen molar-refractivity contribution in [2.45, 2.75) is 13.8 Å². The van der Waals surface area contributed by atoms with Gasteiger partial charge in [-0.2, -0.15) is 0 Å². The Morgan fingerprint density at radius 1 is 0.963 bits per heavy atom. The zero-order valence-electron chi connectivity index (χ0n) is 16.1. The highest BCUT2D eigenvalue weighted by atomic mass is 32.2. The van der Waals surface area contributed by atoms with Crippen molar-refractivity contribution in [1.29, 1.82) is 0 Å². The molecule has 2 aromatic carbocycles. The molecule has 0 bridgehead atoms. The fourth-order valence-electron chi connectivity index (χ4n) is 2.73. The molecule has 6 nitrogen and oxygen atoms in total. The Labute approximate surface area is 161 Å². The first kappa shape index (κ1) is 20.8. The van der Waals surface area contributed by atoms with Gasteiger partial charge in [-0.25, -0.2) is 8.42 Å². The first-order chi connectivity index (χ1) is 12.9. The van der Waals surface area contributed by atoms with Crippen molar-refractivity contribution in [2.24, 2.45) is 0 Å². The van der Waals surface area contributed by atoms with Gasteiger partial charge in [-0.05, 0) is 50.2 Å². The van der Waals surface area contributed by atoms with Crippen LogP contribution in [-0.2, 0) is 10.0 Å². The van der Waals surface area contributed by atoms with Crippen molar-refractivity contribution in [3.8, 4) is 0 Å². The Hall–Kier alpha value is -2.54. The van der Waals surface area contributed by atoms with Gasteiger partial charge in [0.2, 0.25) is 10.0 Å². The highest BCUT2D eigenvalue weighted by Gasteiger charge is 2.18. The number of nitrogens with zero attached hydrogens (tertiary/aromatic N) is 2. The molecule has 0 spiro atoms. The quantitative estimate of drug-likeness (QED) is 0.716. The third-order valence-corrected chi connectivity index (χ3v) is 6.21. The largest absolute Gasteiger partial charge is 0.373 e. The van der Waals surface area contributed by atoms with Gasteiger partial charge in [-0.15, -0.1) is 0 Å². The van der Waals surface area contributed by atoms with Crippen LogP contribution < -0.4 is 14.5 Å². The van der Waals surface area contributed by atoms with Gasteiger partial charge in [0, 0.05) is 37.9 Å². The van der Waals surface area contributed by atoms with E-state index in [1.165, 1.54) is 4.31 Å². The summed E-state index contributed by atoms with van der Waals surface area (Å²) in [6, 6.07) is 16.6. The van der Waals surface area contributed by atoms with E-state index in [-0.39, 0.29) is 11.7 Å². The van der Waals surface area contributed by atoms with E-state index in [2.05, 4.69) is 10.2 Å². The average molecular weight is 390 g/mol. The standard InChI is InChI=1S/C20H27N3O3S/c1-4-23(27(25,26)5-2)19-13-11-17(12-14-19)20(24)21-15-16-22(3)18-9-7-6-8-10-18/h6-14H,4-5,15-16H2,1-3H3,(H,21,24). The van der Waals surface area contributed by atoms with E-state index >= 15 is 0 Å². The van der Waals surface area contributed by atoms with E-state index < -0.39 is 10.0 Å². The molecule has 0 saturated carbocycles. The average Bonchev–Trinajstić information content (AvgIpc) is 2.69. The fraction of sp³-hybridized carbons (Fsp3) is 0.350.